The van der Waals surface area contributed by atoms with Crippen LogP contribution in [0.15, 0.2) is 42.9 Å². The Bertz CT molecular complexity index is 1080. The van der Waals surface area contributed by atoms with E-state index in [4.69, 9.17) is 9.72 Å². The standard InChI is InChI=1S/C21H20N6O2/c28-21-18-12-29-8-7-26(18)20-17(11-22-19(25-20)14-9-23-24-10-14)27(21)16-6-5-13-3-1-2-4-15(13)16/h1-4,9-11,16,18H,5-8,12H2,(H,23,24)/t16-,18?/m0/s1. The summed E-state index contributed by atoms with van der Waals surface area (Å²) in [6.07, 6.45) is 7.14. The molecule has 3 aliphatic rings. The summed E-state index contributed by atoms with van der Waals surface area (Å²) in [6, 6.07) is 8.04. The van der Waals surface area contributed by atoms with Gasteiger partial charge in [-0.1, -0.05) is 24.3 Å². The van der Waals surface area contributed by atoms with Gasteiger partial charge in [-0.2, -0.15) is 5.10 Å². The normalized spacial score (nSPS) is 23.0. The van der Waals surface area contributed by atoms with E-state index >= 15 is 0 Å². The number of anilines is 2. The summed E-state index contributed by atoms with van der Waals surface area (Å²) in [5, 5.41) is 6.81. The maximum absolute atomic E-state index is 13.6. The number of hydrogen-bond donors (Lipinski definition) is 1. The molecule has 29 heavy (non-hydrogen) atoms. The van der Waals surface area contributed by atoms with Gasteiger partial charge in [-0.3, -0.25) is 14.8 Å². The van der Waals surface area contributed by atoms with Gasteiger partial charge < -0.3 is 9.64 Å². The number of benzene rings is 1. The number of rotatable bonds is 2. The number of carbonyl (C=O) groups is 1. The monoisotopic (exact) mass is 388 g/mol. The number of aromatic nitrogens is 4. The van der Waals surface area contributed by atoms with Crippen molar-refractivity contribution in [2.45, 2.75) is 24.9 Å². The van der Waals surface area contributed by atoms with Gasteiger partial charge in [-0.05, 0) is 24.0 Å². The van der Waals surface area contributed by atoms with Crippen molar-refractivity contribution < 1.29 is 9.53 Å². The van der Waals surface area contributed by atoms with Crippen molar-refractivity contribution >= 4 is 17.4 Å². The van der Waals surface area contributed by atoms with Crippen molar-refractivity contribution in [3.63, 3.8) is 0 Å². The minimum Gasteiger partial charge on any atom is -0.377 e. The van der Waals surface area contributed by atoms with E-state index in [1.807, 2.05) is 11.0 Å². The molecule has 2 aromatic heterocycles. The fraction of sp³-hybridized carbons (Fsp3) is 0.333. The summed E-state index contributed by atoms with van der Waals surface area (Å²) in [6.45, 7) is 1.61. The molecule has 1 aliphatic carbocycles. The summed E-state index contributed by atoms with van der Waals surface area (Å²) in [5.74, 6) is 1.47. The van der Waals surface area contributed by atoms with E-state index in [2.05, 4.69) is 38.3 Å². The van der Waals surface area contributed by atoms with Gasteiger partial charge in [-0.15, -0.1) is 0 Å². The van der Waals surface area contributed by atoms with Crippen LogP contribution in [-0.4, -0.2) is 51.9 Å². The van der Waals surface area contributed by atoms with E-state index in [1.165, 1.54) is 11.1 Å². The number of fused-ring (bicyclic) bond motifs is 4. The molecule has 2 atom stereocenters. The van der Waals surface area contributed by atoms with E-state index in [-0.39, 0.29) is 18.0 Å². The van der Waals surface area contributed by atoms with Crippen LogP contribution in [0.1, 0.15) is 23.6 Å². The largest absolute Gasteiger partial charge is 0.377 e. The van der Waals surface area contributed by atoms with Crippen LogP contribution in [0.5, 0.6) is 0 Å². The number of amides is 1. The third kappa shape index (κ3) is 2.49. The molecule has 8 nitrogen and oxygen atoms in total. The van der Waals surface area contributed by atoms with Crippen LogP contribution in [-0.2, 0) is 16.0 Å². The molecule has 8 heteroatoms. The van der Waals surface area contributed by atoms with Crippen molar-refractivity contribution in [2.24, 2.45) is 0 Å². The Kier molecular flexibility index (Phi) is 3.67. The van der Waals surface area contributed by atoms with Gasteiger partial charge >= 0.3 is 0 Å². The molecule has 1 N–H and O–H groups in total. The second kappa shape index (κ2) is 6.38. The number of morpholine rings is 1. The van der Waals surface area contributed by atoms with E-state index in [0.717, 1.165) is 29.9 Å². The zero-order valence-corrected chi connectivity index (χ0v) is 15.8. The van der Waals surface area contributed by atoms with Gasteiger partial charge in [0.1, 0.15) is 11.7 Å². The van der Waals surface area contributed by atoms with Gasteiger partial charge in [0, 0.05) is 12.7 Å². The highest BCUT2D eigenvalue weighted by Crippen LogP contribution is 2.45. The summed E-state index contributed by atoms with van der Waals surface area (Å²) >= 11 is 0. The van der Waals surface area contributed by atoms with Crippen molar-refractivity contribution in [3.8, 4) is 11.4 Å². The molecular formula is C21H20N6O2. The predicted octanol–water partition coefficient (Wildman–Crippen LogP) is 2.11. The highest BCUT2D eigenvalue weighted by Gasteiger charge is 2.45. The number of carbonyl (C=O) groups excluding carboxylic acids is 1. The number of H-pyrrole nitrogens is 1. The SMILES string of the molecule is O=C1C2COCCN2c2nc(-c3cn[nH]c3)ncc2N1[C@H]1CCc2ccccc21. The molecule has 1 saturated heterocycles. The number of aryl methyl sites for hydroxylation is 1. The first-order valence-electron chi connectivity index (χ1n) is 9.93. The molecule has 146 valence electrons. The molecule has 1 fully saturated rings. The lowest BCUT2D eigenvalue weighted by Crippen LogP contribution is -2.59. The minimum atomic E-state index is -0.351. The third-order valence-corrected chi connectivity index (χ3v) is 6.10. The number of aromatic amines is 1. The molecule has 3 aromatic rings. The molecule has 6 rings (SSSR count). The van der Waals surface area contributed by atoms with Crippen LogP contribution in [0, 0.1) is 0 Å². The Labute approximate surface area is 167 Å². The highest BCUT2D eigenvalue weighted by molar-refractivity contribution is 6.05. The molecule has 0 radical (unpaired) electrons. The van der Waals surface area contributed by atoms with Gasteiger partial charge in [0.15, 0.2) is 11.6 Å². The Morgan fingerprint density at radius 1 is 1.17 bits per heavy atom. The summed E-state index contributed by atoms with van der Waals surface area (Å²) in [4.78, 5) is 27.0. The van der Waals surface area contributed by atoms with Crippen LogP contribution in [0.3, 0.4) is 0 Å². The summed E-state index contributed by atoms with van der Waals surface area (Å²) in [5.41, 5.74) is 4.13. The Morgan fingerprint density at radius 3 is 3.00 bits per heavy atom. The smallest absolute Gasteiger partial charge is 0.252 e. The average molecular weight is 388 g/mol. The zero-order chi connectivity index (χ0) is 19.4. The second-order valence-corrected chi connectivity index (χ2v) is 7.64. The first kappa shape index (κ1) is 16.7. The molecule has 2 aliphatic heterocycles. The van der Waals surface area contributed by atoms with E-state index in [1.54, 1.807) is 18.6 Å². The van der Waals surface area contributed by atoms with Gasteiger partial charge in [0.2, 0.25) is 0 Å². The van der Waals surface area contributed by atoms with Crippen molar-refractivity contribution in [2.75, 3.05) is 29.6 Å². The molecule has 1 aromatic carbocycles. The predicted molar refractivity (Wildman–Crippen MR) is 107 cm³/mol. The third-order valence-electron chi connectivity index (χ3n) is 6.10. The molecule has 0 saturated carbocycles. The first-order chi connectivity index (χ1) is 14.3. The summed E-state index contributed by atoms with van der Waals surface area (Å²) in [7, 11) is 0. The van der Waals surface area contributed by atoms with Crippen LogP contribution < -0.4 is 9.80 Å². The topological polar surface area (TPSA) is 87.2 Å². The molecular weight excluding hydrogens is 368 g/mol. The van der Waals surface area contributed by atoms with Crippen molar-refractivity contribution in [1.82, 2.24) is 20.2 Å². The lowest BCUT2D eigenvalue weighted by atomic mass is 10.0. The van der Waals surface area contributed by atoms with Crippen LogP contribution in [0.4, 0.5) is 11.5 Å². The fourth-order valence-electron chi connectivity index (χ4n) is 4.73. The van der Waals surface area contributed by atoms with Crippen LogP contribution in [0.2, 0.25) is 0 Å². The maximum atomic E-state index is 13.6. The number of nitrogens with zero attached hydrogens (tertiary/aromatic N) is 5. The van der Waals surface area contributed by atoms with Gasteiger partial charge in [0.05, 0.1) is 37.2 Å². The van der Waals surface area contributed by atoms with Crippen LogP contribution >= 0.6 is 0 Å². The van der Waals surface area contributed by atoms with Gasteiger partial charge in [-0.25, -0.2) is 9.97 Å². The van der Waals surface area contributed by atoms with E-state index in [0.29, 0.717) is 25.6 Å². The van der Waals surface area contributed by atoms with E-state index in [9.17, 15) is 4.79 Å². The van der Waals surface area contributed by atoms with Crippen molar-refractivity contribution in [3.05, 3.63) is 54.0 Å². The Morgan fingerprint density at radius 2 is 2.10 bits per heavy atom. The van der Waals surface area contributed by atoms with E-state index < -0.39 is 0 Å². The second-order valence-electron chi connectivity index (χ2n) is 7.64. The highest BCUT2D eigenvalue weighted by atomic mass is 16.5. The fourth-order valence-corrected chi connectivity index (χ4v) is 4.73. The molecule has 4 heterocycles. The van der Waals surface area contributed by atoms with Crippen molar-refractivity contribution in [1.29, 1.82) is 0 Å². The molecule has 0 spiro atoms. The van der Waals surface area contributed by atoms with Gasteiger partial charge in [0.25, 0.3) is 5.91 Å². The molecule has 1 unspecified atom stereocenters. The molecule has 0 bridgehead atoms. The lowest BCUT2D eigenvalue weighted by Gasteiger charge is -2.45. The maximum Gasteiger partial charge on any atom is 0.252 e. The van der Waals surface area contributed by atoms with Crippen LogP contribution in [0.25, 0.3) is 11.4 Å². The number of hydrogen-bond acceptors (Lipinski definition) is 6. The zero-order valence-electron chi connectivity index (χ0n) is 15.8. The average Bonchev–Trinajstić information content (AvgIpc) is 3.45. The Hall–Kier alpha value is -3.26. The Balaban J connectivity index is 1.50. The molecule has 1 amide bonds. The number of ether oxygens (including phenoxy) is 1. The lowest BCUT2D eigenvalue weighted by molar-refractivity contribution is -0.123. The minimum absolute atomic E-state index is 0.00454. The summed E-state index contributed by atoms with van der Waals surface area (Å²) < 4.78 is 5.66. The first-order valence-corrected chi connectivity index (χ1v) is 9.93. The number of nitrogens with one attached hydrogen (secondary N) is 1. The quantitative estimate of drug-likeness (QED) is 0.724.